The van der Waals surface area contributed by atoms with Crippen LogP contribution in [-0.4, -0.2) is 38.7 Å². The van der Waals surface area contributed by atoms with E-state index in [2.05, 4.69) is 30.8 Å². The summed E-state index contributed by atoms with van der Waals surface area (Å²) >= 11 is 5.85. The molecule has 1 amide bonds. The molecule has 4 rings (SSSR count). The Labute approximate surface area is 180 Å². The first-order chi connectivity index (χ1) is 14.8. The molecular weight excluding hydrogens is 433 g/mol. The minimum absolute atomic E-state index is 0.123. The number of hydrogen-bond acceptors (Lipinski definition) is 5. The van der Waals surface area contributed by atoms with Gasteiger partial charge in [-0.1, -0.05) is 11.6 Å². The summed E-state index contributed by atoms with van der Waals surface area (Å²) in [4.78, 5) is 20.3. The van der Waals surface area contributed by atoms with Gasteiger partial charge in [0.1, 0.15) is 10.7 Å². The maximum Gasteiger partial charge on any atom is 0.417 e. The van der Waals surface area contributed by atoms with Crippen molar-refractivity contribution in [3.63, 3.8) is 0 Å². The fraction of sp³-hybridized carbons (Fsp3) is 0.400. The van der Waals surface area contributed by atoms with Crippen LogP contribution >= 0.6 is 11.6 Å². The van der Waals surface area contributed by atoms with Crippen LogP contribution in [0.3, 0.4) is 0 Å². The van der Waals surface area contributed by atoms with Crippen molar-refractivity contribution in [3.8, 4) is 0 Å². The molecule has 0 saturated heterocycles. The predicted octanol–water partition coefficient (Wildman–Crippen LogP) is 4.43. The fourth-order valence-corrected chi connectivity index (χ4v) is 3.94. The van der Waals surface area contributed by atoms with Crippen LogP contribution in [0.2, 0.25) is 5.15 Å². The van der Waals surface area contributed by atoms with Gasteiger partial charge in [0.05, 0.1) is 16.6 Å². The molecule has 1 fully saturated rings. The molecule has 0 atom stereocenters. The van der Waals surface area contributed by atoms with Crippen molar-refractivity contribution in [1.29, 1.82) is 0 Å². The topological polar surface area (TPSA) is 95.6 Å². The van der Waals surface area contributed by atoms with Crippen LogP contribution in [0.5, 0.6) is 0 Å². The van der Waals surface area contributed by atoms with Gasteiger partial charge in [-0.15, -0.1) is 0 Å². The van der Waals surface area contributed by atoms with Crippen LogP contribution < -0.4 is 10.6 Å². The van der Waals surface area contributed by atoms with E-state index in [1.165, 1.54) is 0 Å². The van der Waals surface area contributed by atoms with Crippen LogP contribution in [0.25, 0.3) is 11.0 Å². The number of carbonyl (C=O) groups excluding carboxylic acids is 1. The minimum Gasteiger partial charge on any atom is -0.367 e. The van der Waals surface area contributed by atoms with Crippen LogP contribution in [-0.2, 0) is 6.18 Å². The Bertz CT molecular complexity index is 1080. The first-order valence-corrected chi connectivity index (χ1v) is 10.3. The van der Waals surface area contributed by atoms with Gasteiger partial charge in [0.2, 0.25) is 0 Å². The molecule has 3 aromatic rings. The monoisotopic (exact) mass is 452 g/mol. The van der Waals surface area contributed by atoms with E-state index in [4.69, 9.17) is 11.6 Å². The van der Waals surface area contributed by atoms with Crippen LogP contribution in [0.15, 0.2) is 30.6 Å². The molecule has 0 radical (unpaired) electrons. The highest BCUT2D eigenvalue weighted by Crippen LogP contribution is 2.31. The van der Waals surface area contributed by atoms with Gasteiger partial charge in [0.25, 0.3) is 5.91 Å². The quantitative estimate of drug-likeness (QED) is 0.498. The zero-order chi connectivity index (χ0) is 22.0. The molecular formula is C20H20ClF3N6O. The molecule has 31 heavy (non-hydrogen) atoms. The van der Waals surface area contributed by atoms with Gasteiger partial charge < -0.3 is 10.6 Å². The van der Waals surface area contributed by atoms with Crippen molar-refractivity contribution in [2.24, 2.45) is 5.92 Å². The van der Waals surface area contributed by atoms with Gasteiger partial charge in [-0.2, -0.15) is 18.3 Å². The molecule has 3 N–H and O–H groups in total. The molecule has 3 heterocycles. The smallest absolute Gasteiger partial charge is 0.367 e. The lowest BCUT2D eigenvalue weighted by Gasteiger charge is -2.29. The summed E-state index contributed by atoms with van der Waals surface area (Å²) in [5.74, 6) is 0.458. The summed E-state index contributed by atoms with van der Waals surface area (Å²) < 4.78 is 38.7. The number of aromatic amines is 1. The summed E-state index contributed by atoms with van der Waals surface area (Å²) in [5, 5.41) is 13.0. The number of fused-ring (bicyclic) bond motifs is 1. The highest BCUT2D eigenvalue weighted by atomic mass is 35.5. The lowest BCUT2D eigenvalue weighted by Crippen LogP contribution is -2.38. The van der Waals surface area contributed by atoms with Crippen molar-refractivity contribution >= 4 is 34.4 Å². The summed E-state index contributed by atoms with van der Waals surface area (Å²) in [6.45, 7) is 0.723. The van der Waals surface area contributed by atoms with E-state index in [9.17, 15) is 18.0 Å². The summed E-state index contributed by atoms with van der Waals surface area (Å²) in [7, 11) is 0. The van der Waals surface area contributed by atoms with Gasteiger partial charge in [0.15, 0.2) is 5.82 Å². The maximum atomic E-state index is 12.9. The molecule has 0 aromatic carbocycles. The third-order valence-electron chi connectivity index (χ3n) is 5.47. The Morgan fingerprint density at radius 2 is 2.00 bits per heavy atom. The van der Waals surface area contributed by atoms with Crippen LogP contribution in [0, 0.1) is 5.92 Å². The maximum absolute atomic E-state index is 12.9. The third kappa shape index (κ3) is 4.90. The number of rotatable bonds is 5. The highest BCUT2D eigenvalue weighted by molar-refractivity contribution is 6.32. The first kappa shape index (κ1) is 21.4. The van der Waals surface area contributed by atoms with Crippen molar-refractivity contribution in [3.05, 3.63) is 46.9 Å². The standard InChI is InChI=1S/C20H20ClF3N6O/c21-17-14(8-12(10-26-17)20(22,23)24)19(31)28-13-5-3-11(4-6-13)9-27-18-16-15(29-30-18)2-1-7-25-16/h1-2,7-8,10-11,13H,3-6,9H2,(H,28,31)(H2,27,29,30)/t11-,13-. The Hall–Kier alpha value is -2.88. The van der Waals surface area contributed by atoms with Gasteiger partial charge >= 0.3 is 6.18 Å². The summed E-state index contributed by atoms with van der Waals surface area (Å²) in [5.41, 5.74) is 0.379. The third-order valence-corrected chi connectivity index (χ3v) is 5.77. The average Bonchev–Trinajstić information content (AvgIpc) is 3.16. The molecule has 0 bridgehead atoms. The highest BCUT2D eigenvalue weighted by Gasteiger charge is 2.33. The molecule has 1 aliphatic carbocycles. The number of amides is 1. The number of H-pyrrole nitrogens is 1. The molecule has 1 saturated carbocycles. The zero-order valence-electron chi connectivity index (χ0n) is 16.3. The van der Waals surface area contributed by atoms with Gasteiger partial charge in [-0.25, -0.2) is 4.98 Å². The number of halogens is 4. The zero-order valence-corrected chi connectivity index (χ0v) is 17.1. The number of anilines is 1. The number of alkyl halides is 3. The molecule has 164 valence electrons. The average molecular weight is 453 g/mol. The molecule has 11 heteroatoms. The Morgan fingerprint density at radius 1 is 1.23 bits per heavy atom. The molecule has 0 aliphatic heterocycles. The summed E-state index contributed by atoms with van der Waals surface area (Å²) in [6.07, 6.45) is 0.916. The predicted molar refractivity (Wildman–Crippen MR) is 110 cm³/mol. The molecule has 7 nitrogen and oxygen atoms in total. The lowest BCUT2D eigenvalue weighted by atomic mass is 9.86. The molecule has 0 unspecified atom stereocenters. The van der Waals surface area contributed by atoms with Crippen LogP contribution in [0.4, 0.5) is 19.0 Å². The normalized spacial score (nSPS) is 19.4. The van der Waals surface area contributed by atoms with Crippen molar-refractivity contribution < 1.29 is 18.0 Å². The number of hydrogen-bond donors (Lipinski definition) is 3. The van der Waals surface area contributed by atoms with E-state index < -0.39 is 17.6 Å². The van der Waals surface area contributed by atoms with E-state index in [1.54, 1.807) is 6.20 Å². The summed E-state index contributed by atoms with van der Waals surface area (Å²) in [6, 6.07) is 4.35. The number of nitrogens with zero attached hydrogens (tertiary/aromatic N) is 3. The van der Waals surface area contributed by atoms with E-state index in [-0.39, 0.29) is 16.8 Å². The van der Waals surface area contributed by atoms with Gasteiger partial charge in [0, 0.05) is 25.0 Å². The molecule has 0 spiro atoms. The van der Waals surface area contributed by atoms with Gasteiger partial charge in [-0.05, 0) is 49.8 Å². The van der Waals surface area contributed by atoms with Crippen molar-refractivity contribution in [1.82, 2.24) is 25.5 Å². The van der Waals surface area contributed by atoms with Crippen molar-refractivity contribution in [2.75, 3.05) is 11.9 Å². The number of pyridine rings is 2. The molecule has 1 aliphatic rings. The van der Waals surface area contributed by atoms with Gasteiger partial charge in [-0.3, -0.25) is 14.9 Å². The second-order valence-electron chi connectivity index (χ2n) is 7.60. The van der Waals surface area contributed by atoms with E-state index in [0.29, 0.717) is 17.9 Å². The molecule has 3 aromatic heterocycles. The number of aromatic nitrogens is 4. The van der Waals surface area contributed by atoms with E-state index in [0.717, 1.165) is 49.3 Å². The second-order valence-corrected chi connectivity index (χ2v) is 7.96. The second kappa shape index (κ2) is 8.70. The lowest BCUT2D eigenvalue weighted by molar-refractivity contribution is -0.137. The van der Waals surface area contributed by atoms with E-state index in [1.807, 2.05) is 12.1 Å². The fourth-order valence-electron chi connectivity index (χ4n) is 3.75. The van der Waals surface area contributed by atoms with Crippen LogP contribution in [0.1, 0.15) is 41.6 Å². The largest absolute Gasteiger partial charge is 0.417 e. The van der Waals surface area contributed by atoms with Crippen molar-refractivity contribution in [2.45, 2.75) is 37.9 Å². The Balaban J connectivity index is 1.30. The Morgan fingerprint density at radius 3 is 2.74 bits per heavy atom. The Kier molecular flexibility index (Phi) is 5.99. The minimum atomic E-state index is -4.59. The SMILES string of the molecule is O=C(N[C@H]1CC[C@H](CNc2n[nH]c3cccnc23)CC1)c1cc(C(F)(F)F)cnc1Cl. The van der Waals surface area contributed by atoms with E-state index >= 15 is 0 Å². The first-order valence-electron chi connectivity index (χ1n) is 9.88. The number of carbonyl (C=O) groups is 1. The number of nitrogens with one attached hydrogen (secondary N) is 3.